The Morgan fingerprint density at radius 3 is 2.62 bits per heavy atom. The number of aromatic nitrogens is 1. The summed E-state index contributed by atoms with van der Waals surface area (Å²) in [5.74, 6) is -1.21. The molecule has 1 amide bonds. The molecule has 0 saturated carbocycles. The highest BCUT2D eigenvalue weighted by molar-refractivity contribution is 7.17. The minimum absolute atomic E-state index is 0.158. The molecule has 5 nitrogen and oxygen atoms in total. The maximum absolute atomic E-state index is 11.3. The average Bonchev–Trinajstić information content (AvgIpc) is 2.56. The molecule has 86 valence electrons. The van der Waals surface area contributed by atoms with Gasteiger partial charge in [0.05, 0.1) is 5.69 Å². The van der Waals surface area contributed by atoms with Crippen LogP contribution in [-0.4, -0.2) is 28.5 Å². The molecule has 0 radical (unpaired) electrons. The van der Waals surface area contributed by atoms with Gasteiger partial charge in [-0.05, 0) is 6.92 Å². The van der Waals surface area contributed by atoms with E-state index in [-0.39, 0.29) is 10.8 Å². The van der Waals surface area contributed by atoms with E-state index in [2.05, 4.69) is 11.6 Å². The standard InChI is InChI=1S/C10H12N2O3S/c1-4-5-12(7(3)13)10-11-6(2)8(16-10)9(14)15/h4H,1,5H2,2-3H3,(H,14,15). The molecule has 1 aromatic rings. The van der Waals surface area contributed by atoms with Crippen molar-refractivity contribution in [1.82, 2.24) is 4.98 Å². The third-order valence-corrected chi connectivity index (χ3v) is 3.07. The van der Waals surface area contributed by atoms with Crippen molar-refractivity contribution in [2.75, 3.05) is 11.4 Å². The van der Waals surface area contributed by atoms with Gasteiger partial charge in [-0.25, -0.2) is 9.78 Å². The van der Waals surface area contributed by atoms with Crippen LogP contribution in [0.1, 0.15) is 22.3 Å². The van der Waals surface area contributed by atoms with E-state index in [4.69, 9.17) is 5.11 Å². The largest absolute Gasteiger partial charge is 0.477 e. The van der Waals surface area contributed by atoms with Gasteiger partial charge in [-0.1, -0.05) is 17.4 Å². The van der Waals surface area contributed by atoms with Gasteiger partial charge in [0, 0.05) is 13.5 Å². The third-order valence-electron chi connectivity index (χ3n) is 1.90. The maximum atomic E-state index is 11.3. The van der Waals surface area contributed by atoms with E-state index in [9.17, 15) is 9.59 Å². The number of hydrogen-bond donors (Lipinski definition) is 1. The quantitative estimate of drug-likeness (QED) is 0.813. The van der Waals surface area contributed by atoms with Crippen molar-refractivity contribution in [3.05, 3.63) is 23.2 Å². The van der Waals surface area contributed by atoms with Gasteiger partial charge in [-0.15, -0.1) is 6.58 Å². The molecule has 0 atom stereocenters. The lowest BCUT2D eigenvalue weighted by atomic mass is 10.4. The van der Waals surface area contributed by atoms with Gasteiger partial charge in [-0.2, -0.15) is 0 Å². The fourth-order valence-electron chi connectivity index (χ4n) is 1.17. The Balaban J connectivity index is 3.11. The van der Waals surface area contributed by atoms with Crippen molar-refractivity contribution in [2.45, 2.75) is 13.8 Å². The number of carbonyl (C=O) groups is 2. The van der Waals surface area contributed by atoms with Crippen molar-refractivity contribution >= 4 is 28.3 Å². The summed E-state index contributed by atoms with van der Waals surface area (Å²) in [7, 11) is 0. The first kappa shape index (κ1) is 12.4. The Labute approximate surface area is 97.0 Å². The van der Waals surface area contributed by atoms with Crippen molar-refractivity contribution in [1.29, 1.82) is 0 Å². The number of aromatic carboxylic acids is 1. The van der Waals surface area contributed by atoms with Crippen LogP contribution in [0.2, 0.25) is 0 Å². The minimum Gasteiger partial charge on any atom is -0.477 e. The lowest BCUT2D eigenvalue weighted by Crippen LogP contribution is -2.28. The summed E-state index contributed by atoms with van der Waals surface area (Å²) in [6.45, 7) is 6.87. The first-order valence-corrected chi connectivity index (χ1v) is 5.38. The topological polar surface area (TPSA) is 70.5 Å². The maximum Gasteiger partial charge on any atom is 0.347 e. The van der Waals surface area contributed by atoms with Gasteiger partial charge in [0.1, 0.15) is 4.88 Å². The molecule has 0 aliphatic heterocycles. The van der Waals surface area contributed by atoms with Crippen molar-refractivity contribution in [2.24, 2.45) is 0 Å². The van der Waals surface area contributed by atoms with Gasteiger partial charge in [0.2, 0.25) is 5.91 Å². The molecule has 0 aromatic carbocycles. The molecule has 1 heterocycles. The summed E-state index contributed by atoms with van der Waals surface area (Å²) in [4.78, 5) is 27.8. The van der Waals surface area contributed by atoms with Crippen molar-refractivity contribution < 1.29 is 14.7 Å². The van der Waals surface area contributed by atoms with Crippen LogP contribution in [0.4, 0.5) is 5.13 Å². The number of anilines is 1. The van der Waals surface area contributed by atoms with E-state index >= 15 is 0 Å². The molecule has 0 saturated heterocycles. The summed E-state index contributed by atoms with van der Waals surface area (Å²) >= 11 is 0.991. The predicted octanol–water partition coefficient (Wildman–Crippen LogP) is 1.69. The van der Waals surface area contributed by atoms with E-state index in [0.29, 0.717) is 17.4 Å². The lowest BCUT2D eigenvalue weighted by molar-refractivity contribution is -0.116. The molecule has 0 aliphatic carbocycles. The molecule has 0 bridgehead atoms. The summed E-state index contributed by atoms with van der Waals surface area (Å²) in [6.07, 6.45) is 1.57. The first-order chi connectivity index (χ1) is 7.47. The molecule has 1 N–H and O–H groups in total. The molecule has 16 heavy (non-hydrogen) atoms. The highest BCUT2D eigenvalue weighted by atomic mass is 32.1. The summed E-state index contributed by atoms with van der Waals surface area (Å²) in [5.41, 5.74) is 0.419. The minimum atomic E-state index is -1.02. The normalized spacial score (nSPS) is 9.88. The van der Waals surface area contributed by atoms with Crippen molar-refractivity contribution in [3.63, 3.8) is 0 Å². The van der Waals surface area contributed by atoms with Gasteiger partial charge < -0.3 is 5.11 Å². The molecule has 0 aliphatic rings. The molecule has 1 rings (SSSR count). The zero-order valence-corrected chi connectivity index (χ0v) is 9.87. The highest BCUT2D eigenvalue weighted by Crippen LogP contribution is 2.26. The van der Waals surface area contributed by atoms with Gasteiger partial charge in [0.15, 0.2) is 5.13 Å². The third kappa shape index (κ3) is 2.46. The number of amides is 1. The Morgan fingerprint density at radius 1 is 1.62 bits per heavy atom. The second-order valence-corrected chi connectivity index (χ2v) is 4.11. The number of nitrogens with zero attached hydrogens (tertiary/aromatic N) is 2. The zero-order valence-electron chi connectivity index (χ0n) is 9.06. The van der Waals surface area contributed by atoms with E-state index in [1.807, 2.05) is 0 Å². The lowest BCUT2D eigenvalue weighted by Gasteiger charge is -2.14. The number of hydrogen-bond acceptors (Lipinski definition) is 4. The zero-order chi connectivity index (χ0) is 12.3. The SMILES string of the molecule is C=CCN(C(C)=O)c1nc(C)c(C(=O)O)s1. The average molecular weight is 240 g/mol. The number of thiazole rings is 1. The Hall–Kier alpha value is -1.69. The number of aryl methyl sites for hydroxylation is 1. The summed E-state index contributed by atoms with van der Waals surface area (Å²) in [5, 5.41) is 9.27. The van der Waals surface area contributed by atoms with Gasteiger partial charge in [0.25, 0.3) is 0 Å². The van der Waals surface area contributed by atoms with E-state index in [1.54, 1.807) is 13.0 Å². The van der Waals surface area contributed by atoms with Crippen LogP contribution in [0.5, 0.6) is 0 Å². The smallest absolute Gasteiger partial charge is 0.347 e. The van der Waals surface area contributed by atoms with Crippen LogP contribution in [-0.2, 0) is 4.79 Å². The number of carboxylic acid groups (broad SMARTS) is 1. The number of rotatable bonds is 4. The molecule has 0 spiro atoms. The monoisotopic (exact) mass is 240 g/mol. The second-order valence-electron chi connectivity index (χ2n) is 3.13. The summed E-state index contributed by atoms with van der Waals surface area (Å²) in [6, 6.07) is 0. The number of carboxylic acids is 1. The van der Waals surface area contributed by atoms with E-state index in [0.717, 1.165) is 11.3 Å². The van der Waals surface area contributed by atoms with Crippen LogP contribution in [0.15, 0.2) is 12.7 Å². The fraction of sp³-hybridized carbons (Fsp3) is 0.300. The van der Waals surface area contributed by atoms with Gasteiger partial charge in [-0.3, -0.25) is 9.69 Å². The fourth-order valence-corrected chi connectivity index (χ4v) is 2.13. The molecule has 0 unspecified atom stereocenters. The van der Waals surface area contributed by atoms with Crippen LogP contribution in [0.3, 0.4) is 0 Å². The van der Waals surface area contributed by atoms with Crippen LogP contribution < -0.4 is 4.90 Å². The Bertz CT molecular complexity index is 439. The van der Waals surface area contributed by atoms with Crippen LogP contribution in [0.25, 0.3) is 0 Å². The highest BCUT2D eigenvalue weighted by Gasteiger charge is 2.19. The molecular weight excluding hydrogens is 228 g/mol. The molecule has 1 aromatic heterocycles. The Kier molecular flexibility index (Phi) is 3.78. The molecular formula is C10H12N2O3S. The first-order valence-electron chi connectivity index (χ1n) is 4.57. The molecule has 6 heteroatoms. The summed E-state index contributed by atoms with van der Waals surface area (Å²) < 4.78 is 0. The molecule has 0 fully saturated rings. The van der Waals surface area contributed by atoms with E-state index < -0.39 is 5.97 Å². The van der Waals surface area contributed by atoms with Crippen molar-refractivity contribution in [3.8, 4) is 0 Å². The van der Waals surface area contributed by atoms with Crippen LogP contribution >= 0.6 is 11.3 Å². The van der Waals surface area contributed by atoms with Gasteiger partial charge >= 0.3 is 5.97 Å². The van der Waals surface area contributed by atoms with Crippen LogP contribution in [0, 0.1) is 6.92 Å². The van der Waals surface area contributed by atoms with E-state index in [1.165, 1.54) is 11.8 Å². The second kappa shape index (κ2) is 4.89. The predicted molar refractivity (Wildman–Crippen MR) is 62.0 cm³/mol. The Morgan fingerprint density at radius 2 is 2.25 bits per heavy atom. The number of carbonyl (C=O) groups excluding carboxylic acids is 1.